The zero-order valence-electron chi connectivity index (χ0n) is 10.3. The van der Waals surface area contributed by atoms with Crippen molar-refractivity contribution < 1.29 is 13.0 Å². The van der Waals surface area contributed by atoms with Gasteiger partial charge in [0.05, 0.1) is 10.6 Å². The molecule has 1 radical (unpaired) electrons. The Morgan fingerprint density at radius 3 is 2.60 bits per heavy atom. The number of aromatic amines is 1. The van der Waals surface area contributed by atoms with Gasteiger partial charge in [0, 0.05) is 35.1 Å². The Labute approximate surface area is 144 Å². The third-order valence-corrected chi connectivity index (χ3v) is 3.87. The molecule has 0 fully saturated rings. The van der Waals surface area contributed by atoms with E-state index < -0.39 is 15.7 Å². The zero-order valence-corrected chi connectivity index (χ0v) is 14.7. The van der Waals surface area contributed by atoms with Crippen molar-refractivity contribution in [2.75, 3.05) is 5.73 Å². The molecule has 0 bridgehead atoms. The van der Waals surface area contributed by atoms with E-state index in [9.17, 15) is 13.2 Å². The zero-order chi connectivity index (χ0) is 14.2. The molecule has 0 aliphatic heterocycles. The summed E-state index contributed by atoms with van der Waals surface area (Å²) in [7, 11) is -4.33. The third-order valence-electron chi connectivity index (χ3n) is 2.29. The van der Waals surface area contributed by atoms with E-state index in [1.165, 1.54) is 18.2 Å². The van der Waals surface area contributed by atoms with Crippen LogP contribution in [0.1, 0.15) is 0 Å². The van der Waals surface area contributed by atoms with Gasteiger partial charge in [-0.15, -0.1) is 0 Å². The van der Waals surface area contributed by atoms with E-state index in [-0.39, 0.29) is 50.6 Å². The Bertz CT molecular complexity index is 806. The van der Waals surface area contributed by atoms with Crippen LogP contribution in [0.3, 0.4) is 0 Å². The molecule has 0 aliphatic rings. The number of aromatic nitrogens is 2. The Balaban J connectivity index is 0.00000200. The number of nitrogens with one attached hydrogen (secondary N) is 1. The SMILES string of the molecule is Nc1nc(-c2cccc(S(=O)(=O)O)c2)c(Br)c(=O)[nH]1.[Na]. The van der Waals surface area contributed by atoms with Gasteiger partial charge in [-0.05, 0) is 28.1 Å². The molecule has 101 valence electrons. The molecule has 0 unspecified atom stereocenters. The van der Waals surface area contributed by atoms with Gasteiger partial charge in [-0.25, -0.2) is 4.98 Å². The molecule has 1 heterocycles. The topological polar surface area (TPSA) is 126 Å². The largest absolute Gasteiger partial charge is 0.369 e. The van der Waals surface area contributed by atoms with Crippen LogP contribution < -0.4 is 11.3 Å². The number of hydrogen-bond acceptors (Lipinski definition) is 5. The fourth-order valence-electron chi connectivity index (χ4n) is 1.47. The van der Waals surface area contributed by atoms with Gasteiger partial charge in [-0.2, -0.15) is 8.42 Å². The van der Waals surface area contributed by atoms with Gasteiger partial charge in [0.15, 0.2) is 0 Å². The Kier molecular flexibility index (Phi) is 5.53. The average Bonchev–Trinajstić information content (AvgIpc) is 2.33. The fourth-order valence-corrected chi connectivity index (χ4v) is 2.41. The molecule has 0 saturated heterocycles. The molecule has 2 aromatic rings. The molecule has 2 rings (SSSR count). The van der Waals surface area contributed by atoms with Crippen LogP contribution in [0, 0.1) is 0 Å². The summed E-state index contributed by atoms with van der Waals surface area (Å²) in [6.45, 7) is 0. The average molecular weight is 369 g/mol. The van der Waals surface area contributed by atoms with Crippen LogP contribution >= 0.6 is 15.9 Å². The quantitative estimate of drug-likeness (QED) is 0.527. The van der Waals surface area contributed by atoms with Gasteiger partial charge in [0.2, 0.25) is 5.95 Å². The number of nitrogen functional groups attached to an aromatic ring is 1. The minimum atomic E-state index is -4.33. The number of benzene rings is 1. The molecule has 0 amide bonds. The number of nitrogens with two attached hydrogens (primary N) is 1. The minimum Gasteiger partial charge on any atom is -0.369 e. The van der Waals surface area contributed by atoms with E-state index in [1.54, 1.807) is 6.07 Å². The van der Waals surface area contributed by atoms with Gasteiger partial charge >= 0.3 is 0 Å². The summed E-state index contributed by atoms with van der Waals surface area (Å²) in [6.07, 6.45) is 0. The van der Waals surface area contributed by atoms with Crippen LogP contribution in [-0.2, 0) is 10.1 Å². The van der Waals surface area contributed by atoms with Crippen LogP contribution in [0.4, 0.5) is 5.95 Å². The molecule has 0 atom stereocenters. The summed E-state index contributed by atoms with van der Waals surface area (Å²) in [5.41, 5.74) is 5.47. The van der Waals surface area contributed by atoms with Crippen molar-refractivity contribution in [3.63, 3.8) is 0 Å². The monoisotopic (exact) mass is 368 g/mol. The number of nitrogens with zero attached hydrogens (tertiary/aromatic N) is 1. The van der Waals surface area contributed by atoms with Gasteiger partial charge in [0.25, 0.3) is 15.7 Å². The first-order valence-electron chi connectivity index (χ1n) is 4.92. The van der Waals surface area contributed by atoms with Crippen LogP contribution in [0.2, 0.25) is 0 Å². The van der Waals surface area contributed by atoms with E-state index in [2.05, 4.69) is 25.9 Å². The smallest absolute Gasteiger partial charge is 0.294 e. The number of hydrogen-bond donors (Lipinski definition) is 3. The van der Waals surface area contributed by atoms with Crippen LogP contribution in [0.15, 0.2) is 38.4 Å². The summed E-state index contributed by atoms with van der Waals surface area (Å²) in [5.74, 6) is -0.0968. The normalized spacial score (nSPS) is 10.9. The molecular weight excluding hydrogens is 361 g/mol. The summed E-state index contributed by atoms with van der Waals surface area (Å²) in [4.78, 5) is 17.4. The van der Waals surface area contributed by atoms with Crippen molar-refractivity contribution in [2.24, 2.45) is 0 Å². The van der Waals surface area contributed by atoms with E-state index >= 15 is 0 Å². The maximum atomic E-state index is 11.5. The van der Waals surface area contributed by atoms with Crippen molar-refractivity contribution in [1.29, 1.82) is 0 Å². The van der Waals surface area contributed by atoms with Gasteiger partial charge < -0.3 is 5.73 Å². The molecule has 4 N–H and O–H groups in total. The predicted octanol–water partition coefficient (Wildman–Crippen LogP) is 0.647. The standard InChI is InChI=1S/C10H8BrN3O4S.Na/c11-7-8(13-10(12)14-9(7)15)5-2-1-3-6(4-5)19(16,17)18;/h1-4H,(H,16,17,18)(H3,12,13,14,15);. The van der Waals surface area contributed by atoms with Crippen molar-refractivity contribution in [3.8, 4) is 11.3 Å². The molecule has 0 aliphatic carbocycles. The maximum absolute atomic E-state index is 11.5. The van der Waals surface area contributed by atoms with Gasteiger partial charge in [-0.1, -0.05) is 12.1 Å². The molecule has 10 heteroatoms. The number of rotatable bonds is 2. The fraction of sp³-hybridized carbons (Fsp3) is 0. The van der Waals surface area contributed by atoms with Crippen LogP contribution in [0.5, 0.6) is 0 Å². The van der Waals surface area contributed by atoms with E-state index in [1.807, 2.05) is 0 Å². The van der Waals surface area contributed by atoms with Crippen LogP contribution in [0.25, 0.3) is 11.3 Å². The Morgan fingerprint density at radius 2 is 2.00 bits per heavy atom. The molecule has 0 spiro atoms. The van der Waals surface area contributed by atoms with Crippen molar-refractivity contribution in [1.82, 2.24) is 9.97 Å². The number of anilines is 1. The van der Waals surface area contributed by atoms with Crippen molar-refractivity contribution in [2.45, 2.75) is 4.90 Å². The van der Waals surface area contributed by atoms with E-state index in [0.29, 0.717) is 5.56 Å². The summed E-state index contributed by atoms with van der Waals surface area (Å²) < 4.78 is 31.2. The predicted molar refractivity (Wildman–Crippen MR) is 78.0 cm³/mol. The van der Waals surface area contributed by atoms with Gasteiger partial charge in [-0.3, -0.25) is 14.3 Å². The molecule has 1 aromatic heterocycles. The first-order valence-corrected chi connectivity index (χ1v) is 7.15. The second kappa shape index (κ2) is 6.37. The number of halogens is 1. The second-order valence-corrected chi connectivity index (χ2v) is 5.83. The molecule has 0 saturated carbocycles. The van der Waals surface area contributed by atoms with Crippen LogP contribution in [-0.4, -0.2) is 52.5 Å². The Hall–Kier alpha value is -0.710. The summed E-state index contributed by atoms with van der Waals surface area (Å²) in [6, 6.07) is 5.38. The summed E-state index contributed by atoms with van der Waals surface area (Å²) in [5, 5.41) is 0. The van der Waals surface area contributed by atoms with E-state index in [4.69, 9.17) is 10.3 Å². The van der Waals surface area contributed by atoms with E-state index in [0.717, 1.165) is 0 Å². The third kappa shape index (κ3) is 3.68. The minimum absolute atomic E-state index is 0. The van der Waals surface area contributed by atoms with Gasteiger partial charge in [0.1, 0.15) is 4.47 Å². The molecule has 1 aromatic carbocycles. The number of H-pyrrole nitrogens is 1. The molecule has 7 nitrogen and oxygen atoms in total. The summed E-state index contributed by atoms with van der Waals surface area (Å²) >= 11 is 3.05. The van der Waals surface area contributed by atoms with Crippen molar-refractivity contribution in [3.05, 3.63) is 39.1 Å². The molecular formula is C10H8BrN3NaO4S. The first-order chi connectivity index (χ1) is 8.79. The Morgan fingerprint density at radius 1 is 1.35 bits per heavy atom. The second-order valence-electron chi connectivity index (χ2n) is 3.62. The first kappa shape index (κ1) is 17.3. The maximum Gasteiger partial charge on any atom is 0.294 e. The van der Waals surface area contributed by atoms with Crippen molar-refractivity contribution >= 4 is 61.6 Å². The molecule has 20 heavy (non-hydrogen) atoms.